The molecule has 0 radical (unpaired) electrons. The number of carbonyl (C=O) groups excluding carboxylic acids is 4. The van der Waals surface area contributed by atoms with E-state index in [1.54, 1.807) is 11.0 Å². The number of phenolic OH excluding ortho intramolecular Hbond substituents is 1. The van der Waals surface area contributed by atoms with Crippen LogP contribution in [0, 0.1) is 0 Å². The molecule has 0 bridgehead atoms. The lowest BCUT2D eigenvalue weighted by Crippen LogP contribution is -2.52. The van der Waals surface area contributed by atoms with Crippen LogP contribution < -0.4 is 15.0 Å². The van der Waals surface area contributed by atoms with Crippen LogP contribution in [-0.4, -0.2) is 95.0 Å². The molecular weight excluding hydrogens is 733 g/mol. The molecule has 3 amide bonds. The normalized spacial score (nSPS) is 21.6. The number of ether oxygens (including phenoxy) is 1. The van der Waals surface area contributed by atoms with Crippen LogP contribution in [0.25, 0.3) is 0 Å². The predicted molar refractivity (Wildman–Crippen MR) is 222 cm³/mol. The Morgan fingerprint density at radius 1 is 0.845 bits per heavy atom. The van der Waals surface area contributed by atoms with Gasteiger partial charge in [-0.05, 0) is 116 Å². The molecule has 11 nitrogen and oxygen atoms in total. The Bertz CT molecular complexity index is 2100. The number of hydrogen-bond donors (Lipinski definition) is 3. The molecule has 0 saturated carbocycles. The summed E-state index contributed by atoms with van der Waals surface area (Å²) in [4.78, 5) is 52.3. The zero-order valence-corrected chi connectivity index (χ0v) is 33.4. The molecule has 2 saturated heterocycles. The van der Waals surface area contributed by atoms with Crippen molar-refractivity contribution in [2.75, 3.05) is 44.2 Å². The van der Waals surface area contributed by atoms with Gasteiger partial charge >= 0.3 is 0 Å². The number of piperidine rings is 1. The van der Waals surface area contributed by atoms with Crippen LogP contribution in [-0.2, 0) is 27.3 Å². The van der Waals surface area contributed by atoms with Crippen LogP contribution in [0.15, 0.2) is 91.0 Å². The van der Waals surface area contributed by atoms with E-state index < -0.39 is 17.6 Å². The summed E-state index contributed by atoms with van der Waals surface area (Å²) in [6.07, 6.45) is 4.46. The molecule has 304 valence electrons. The smallest absolute Gasteiger partial charge is 0.255 e. The number of fused-ring (bicyclic) bond motifs is 2. The Balaban J connectivity index is 0.00000166. The number of piperazine rings is 1. The number of aromatic hydroxyl groups is 1. The summed E-state index contributed by atoms with van der Waals surface area (Å²) in [5.41, 5.74) is 6.77. The number of rotatable bonds is 11. The minimum Gasteiger partial charge on any atom is -0.508 e. The van der Waals surface area contributed by atoms with Crippen LogP contribution in [0.1, 0.15) is 96.0 Å². The standard InChI is InChI=1S/C45H50N4O6.C2H4O/c1-45(54,19-21-47-22-24-48(25-23-47)34-10-15-39-33(27-34)29-49(44(39)53)40-17-18-41(51)46-43(40)52)20-26-55-36-12-7-31(8-13-36)42-37(30-5-3-2-4-6-30)14-9-32-28-35(50)11-16-38(32)42;1-2-3/h2-8,10-13,15-16,27-28,37,40,42,50,54H,9,14,17-26,29H2,1H3,(H,46,51,52);2H,1H3. The molecule has 1 aliphatic carbocycles. The summed E-state index contributed by atoms with van der Waals surface area (Å²) >= 11 is 0. The highest BCUT2D eigenvalue weighted by Crippen LogP contribution is 2.47. The molecular formula is C47H54N4O7. The number of benzene rings is 4. The minimum atomic E-state index is -0.863. The van der Waals surface area contributed by atoms with E-state index in [4.69, 9.17) is 9.53 Å². The first-order valence-electron chi connectivity index (χ1n) is 20.5. The van der Waals surface area contributed by atoms with Gasteiger partial charge in [0.05, 0.1) is 12.2 Å². The lowest BCUT2D eigenvalue weighted by atomic mass is 9.69. The topological polar surface area (TPSA) is 140 Å². The maximum Gasteiger partial charge on any atom is 0.255 e. The number of hydrogen-bond acceptors (Lipinski definition) is 9. The van der Waals surface area contributed by atoms with E-state index in [9.17, 15) is 24.6 Å². The van der Waals surface area contributed by atoms with Crippen LogP contribution in [0.3, 0.4) is 0 Å². The Morgan fingerprint density at radius 3 is 2.31 bits per heavy atom. The number of aliphatic hydroxyl groups is 1. The second kappa shape index (κ2) is 18.0. The van der Waals surface area contributed by atoms with Gasteiger partial charge in [-0.15, -0.1) is 0 Å². The number of nitrogens with zero attached hydrogens (tertiary/aromatic N) is 3. The zero-order chi connectivity index (χ0) is 40.8. The average molecular weight is 787 g/mol. The highest BCUT2D eigenvalue weighted by atomic mass is 16.5. The molecule has 4 atom stereocenters. The van der Waals surface area contributed by atoms with Gasteiger partial charge in [0.2, 0.25) is 11.8 Å². The molecule has 8 rings (SSSR count). The first kappa shape index (κ1) is 40.7. The van der Waals surface area contributed by atoms with Crippen molar-refractivity contribution in [3.8, 4) is 11.5 Å². The van der Waals surface area contributed by atoms with Gasteiger partial charge in [0.25, 0.3) is 5.91 Å². The van der Waals surface area contributed by atoms with E-state index in [2.05, 4.69) is 69.7 Å². The van der Waals surface area contributed by atoms with Gasteiger partial charge in [0.1, 0.15) is 23.8 Å². The fourth-order valence-corrected chi connectivity index (χ4v) is 8.95. The third-order valence-electron chi connectivity index (χ3n) is 12.2. The fraction of sp³-hybridized carbons (Fsp3) is 0.404. The Labute approximate surface area is 340 Å². The van der Waals surface area contributed by atoms with Gasteiger partial charge in [0, 0.05) is 69.3 Å². The van der Waals surface area contributed by atoms with E-state index in [1.165, 1.54) is 29.2 Å². The van der Waals surface area contributed by atoms with Crippen molar-refractivity contribution in [1.82, 2.24) is 15.1 Å². The highest BCUT2D eigenvalue weighted by molar-refractivity contribution is 6.05. The van der Waals surface area contributed by atoms with Crippen LogP contribution in [0.5, 0.6) is 11.5 Å². The number of aryl methyl sites for hydroxylation is 1. The molecule has 4 aromatic carbocycles. The quantitative estimate of drug-likeness (QED) is 0.124. The SMILES string of the molecule is CC(O)(CCOc1ccc(C2c3ccc(O)cc3CCC2c2ccccc2)cc1)CCN1CCN(c2ccc3c(c2)CN(C2CCC(=O)NC2=O)C3=O)CC1.CC=O. The van der Waals surface area contributed by atoms with Crippen LogP contribution in [0.4, 0.5) is 5.69 Å². The molecule has 3 aliphatic heterocycles. The third kappa shape index (κ3) is 9.27. The largest absolute Gasteiger partial charge is 0.508 e. The van der Waals surface area contributed by atoms with E-state index in [0.29, 0.717) is 49.6 Å². The van der Waals surface area contributed by atoms with Gasteiger partial charge in [-0.2, -0.15) is 0 Å². The Kier molecular flexibility index (Phi) is 12.6. The maximum atomic E-state index is 13.1. The highest BCUT2D eigenvalue weighted by Gasteiger charge is 2.39. The van der Waals surface area contributed by atoms with Gasteiger partial charge in [-0.25, -0.2) is 0 Å². The first-order valence-corrected chi connectivity index (χ1v) is 20.5. The predicted octanol–water partition coefficient (Wildman–Crippen LogP) is 5.95. The van der Waals surface area contributed by atoms with E-state index in [1.807, 2.05) is 37.3 Å². The maximum absolute atomic E-state index is 13.1. The number of amides is 3. The molecule has 3 N–H and O–H groups in total. The van der Waals surface area contributed by atoms with Gasteiger partial charge in [-0.1, -0.05) is 48.5 Å². The number of carbonyl (C=O) groups is 4. The van der Waals surface area contributed by atoms with Gasteiger partial charge < -0.3 is 29.5 Å². The van der Waals surface area contributed by atoms with Crippen molar-refractivity contribution in [1.29, 1.82) is 0 Å². The lowest BCUT2D eigenvalue weighted by molar-refractivity contribution is -0.137. The van der Waals surface area contributed by atoms with Crippen molar-refractivity contribution < 1.29 is 34.1 Å². The van der Waals surface area contributed by atoms with E-state index in [0.717, 1.165) is 68.9 Å². The summed E-state index contributed by atoms with van der Waals surface area (Å²) in [6.45, 7) is 8.33. The van der Waals surface area contributed by atoms with Gasteiger partial charge in [-0.3, -0.25) is 24.6 Å². The van der Waals surface area contributed by atoms with Crippen molar-refractivity contribution in [2.45, 2.75) is 82.4 Å². The summed E-state index contributed by atoms with van der Waals surface area (Å²) in [5, 5.41) is 23.8. The van der Waals surface area contributed by atoms with Crippen LogP contribution in [0.2, 0.25) is 0 Å². The van der Waals surface area contributed by atoms with Crippen molar-refractivity contribution in [3.05, 3.63) is 124 Å². The summed E-state index contributed by atoms with van der Waals surface area (Å²) in [6, 6.07) is 30.2. The molecule has 4 unspecified atom stereocenters. The number of nitrogens with one attached hydrogen (secondary N) is 1. The minimum absolute atomic E-state index is 0.155. The second-order valence-corrected chi connectivity index (χ2v) is 16.1. The third-order valence-corrected chi connectivity index (χ3v) is 12.2. The number of phenols is 1. The fourth-order valence-electron chi connectivity index (χ4n) is 8.95. The molecule has 4 aromatic rings. The molecule has 4 aliphatic rings. The number of aldehydes is 1. The molecule has 11 heteroatoms. The molecule has 0 spiro atoms. The second-order valence-electron chi connectivity index (χ2n) is 16.1. The van der Waals surface area contributed by atoms with Gasteiger partial charge in [0.15, 0.2) is 0 Å². The zero-order valence-electron chi connectivity index (χ0n) is 33.4. The summed E-state index contributed by atoms with van der Waals surface area (Å²) in [7, 11) is 0. The first-order chi connectivity index (χ1) is 28.0. The molecule has 58 heavy (non-hydrogen) atoms. The Morgan fingerprint density at radius 2 is 1.59 bits per heavy atom. The van der Waals surface area contributed by atoms with Crippen molar-refractivity contribution in [2.24, 2.45) is 0 Å². The van der Waals surface area contributed by atoms with Crippen molar-refractivity contribution in [3.63, 3.8) is 0 Å². The lowest BCUT2D eigenvalue weighted by Gasteiger charge is -2.37. The van der Waals surface area contributed by atoms with E-state index >= 15 is 0 Å². The van der Waals surface area contributed by atoms with E-state index in [-0.39, 0.29) is 24.2 Å². The van der Waals surface area contributed by atoms with Crippen molar-refractivity contribution >= 4 is 29.7 Å². The molecule has 2 fully saturated rings. The molecule has 3 heterocycles. The average Bonchev–Trinajstić information content (AvgIpc) is 3.55. The Hall–Kier alpha value is -5.52. The number of anilines is 1. The molecule has 0 aromatic heterocycles. The number of imide groups is 1. The van der Waals surface area contributed by atoms with Crippen LogP contribution >= 0.6 is 0 Å². The summed E-state index contributed by atoms with van der Waals surface area (Å²) in [5.74, 6) is 0.784. The monoisotopic (exact) mass is 786 g/mol. The summed E-state index contributed by atoms with van der Waals surface area (Å²) < 4.78 is 6.15.